The molecule has 0 aliphatic rings. The molecular weight excluding hydrogens is 330 g/mol. The first-order valence-corrected chi connectivity index (χ1v) is 7.77. The molecule has 0 bridgehead atoms. The molecule has 0 aliphatic heterocycles. The van der Waals surface area contributed by atoms with Crippen LogP contribution in [0.2, 0.25) is 0 Å². The lowest BCUT2D eigenvalue weighted by molar-refractivity contribution is 0.846. The van der Waals surface area contributed by atoms with Gasteiger partial charge < -0.3 is 10.7 Å². The summed E-state index contributed by atoms with van der Waals surface area (Å²) >= 11 is 3.50. The van der Waals surface area contributed by atoms with E-state index in [2.05, 4.69) is 62.6 Å². The second-order valence-corrected chi connectivity index (χ2v) is 5.78. The van der Waals surface area contributed by atoms with Crippen LogP contribution in [-0.2, 0) is 6.42 Å². The number of nitrogens with two attached hydrogens (primary N) is 1. The van der Waals surface area contributed by atoms with E-state index in [9.17, 15) is 0 Å². The number of halogens is 1. The Morgan fingerprint density at radius 1 is 1.29 bits per heavy atom. The van der Waals surface area contributed by atoms with Crippen molar-refractivity contribution in [2.24, 2.45) is 5.84 Å². The monoisotopic (exact) mass is 349 g/mol. The van der Waals surface area contributed by atoms with Crippen LogP contribution < -0.4 is 16.6 Å². The zero-order chi connectivity index (χ0) is 15.2. The first kappa shape index (κ1) is 15.7. The van der Waals surface area contributed by atoms with Crippen LogP contribution >= 0.6 is 15.9 Å². The smallest absolute Gasteiger partial charge is 0.148 e. The second-order valence-electron chi connectivity index (χ2n) is 4.86. The Bertz CT molecular complexity index is 602. The number of hydrazine groups is 1. The van der Waals surface area contributed by atoms with Gasteiger partial charge in [-0.15, -0.1) is 0 Å². The van der Waals surface area contributed by atoms with Crippen LogP contribution in [-0.4, -0.2) is 9.97 Å². The predicted molar refractivity (Wildman–Crippen MR) is 90.0 cm³/mol. The van der Waals surface area contributed by atoms with E-state index in [1.165, 1.54) is 11.9 Å². The molecule has 0 spiro atoms. The van der Waals surface area contributed by atoms with Gasteiger partial charge in [-0.25, -0.2) is 15.8 Å². The molecule has 1 aromatic heterocycles. The molecule has 0 fully saturated rings. The van der Waals surface area contributed by atoms with Gasteiger partial charge in [-0.05, 0) is 31.0 Å². The third kappa shape index (κ3) is 3.92. The number of aromatic nitrogens is 2. The molecule has 1 unspecified atom stereocenters. The average molecular weight is 350 g/mol. The Balaban J connectivity index is 2.26. The molecule has 0 aliphatic carbocycles. The summed E-state index contributed by atoms with van der Waals surface area (Å²) in [6, 6.07) is 8.36. The SMILES string of the molecule is CCCc1c(NN)ncnc1NC(C)c1cccc(Br)c1. The van der Waals surface area contributed by atoms with Crippen molar-refractivity contribution < 1.29 is 0 Å². The lowest BCUT2D eigenvalue weighted by atomic mass is 10.1. The summed E-state index contributed by atoms with van der Waals surface area (Å²) in [4.78, 5) is 8.54. The molecule has 1 aromatic carbocycles. The Hall–Kier alpha value is -1.66. The van der Waals surface area contributed by atoms with Crippen molar-refractivity contribution in [2.75, 3.05) is 10.7 Å². The highest BCUT2D eigenvalue weighted by atomic mass is 79.9. The van der Waals surface area contributed by atoms with Crippen LogP contribution in [0.15, 0.2) is 35.1 Å². The fourth-order valence-electron chi connectivity index (χ4n) is 2.21. The summed E-state index contributed by atoms with van der Waals surface area (Å²) in [6.07, 6.45) is 3.39. The van der Waals surface area contributed by atoms with E-state index in [1.54, 1.807) is 0 Å². The maximum absolute atomic E-state index is 5.54. The van der Waals surface area contributed by atoms with Gasteiger partial charge in [-0.1, -0.05) is 41.4 Å². The number of rotatable bonds is 6. The zero-order valence-electron chi connectivity index (χ0n) is 12.2. The molecule has 0 saturated carbocycles. The second kappa shape index (κ2) is 7.38. The van der Waals surface area contributed by atoms with Crippen LogP contribution in [0.25, 0.3) is 0 Å². The summed E-state index contributed by atoms with van der Waals surface area (Å²) in [7, 11) is 0. The Morgan fingerprint density at radius 3 is 2.71 bits per heavy atom. The molecule has 6 heteroatoms. The van der Waals surface area contributed by atoms with Crippen molar-refractivity contribution in [2.45, 2.75) is 32.7 Å². The number of nitrogens with one attached hydrogen (secondary N) is 2. The van der Waals surface area contributed by atoms with Crippen LogP contribution in [0.1, 0.15) is 37.4 Å². The van der Waals surface area contributed by atoms with Gasteiger partial charge in [0.2, 0.25) is 0 Å². The normalized spacial score (nSPS) is 12.0. The number of nitrogen functional groups attached to an aromatic ring is 1. The molecule has 0 saturated heterocycles. The molecule has 0 amide bonds. The van der Waals surface area contributed by atoms with Gasteiger partial charge in [0.1, 0.15) is 18.0 Å². The van der Waals surface area contributed by atoms with E-state index in [0.29, 0.717) is 5.82 Å². The minimum Gasteiger partial charge on any atom is -0.363 e. The Labute approximate surface area is 133 Å². The first-order valence-electron chi connectivity index (χ1n) is 6.98. The maximum atomic E-state index is 5.54. The predicted octanol–water partition coefficient (Wildman–Crippen LogP) is 3.65. The molecule has 1 heterocycles. The quantitative estimate of drug-likeness (QED) is 0.548. The van der Waals surface area contributed by atoms with Gasteiger partial charge in [-0.3, -0.25) is 0 Å². The summed E-state index contributed by atoms with van der Waals surface area (Å²) in [6.45, 7) is 4.23. The number of nitrogens with zero attached hydrogens (tertiary/aromatic N) is 2. The lowest BCUT2D eigenvalue weighted by Gasteiger charge is -2.19. The van der Waals surface area contributed by atoms with Crippen molar-refractivity contribution in [1.82, 2.24) is 9.97 Å². The van der Waals surface area contributed by atoms with Gasteiger partial charge in [0.05, 0.1) is 0 Å². The standard InChI is InChI=1S/C15H20BrN5/c1-3-5-13-14(18-9-19-15(13)21-17)20-10(2)11-6-4-7-12(16)8-11/h4,6-10H,3,5,17H2,1-2H3,(H2,18,19,20,21). The summed E-state index contributed by atoms with van der Waals surface area (Å²) in [5.41, 5.74) is 4.85. The molecule has 4 N–H and O–H groups in total. The number of anilines is 2. The average Bonchev–Trinajstić information content (AvgIpc) is 2.49. The molecule has 5 nitrogen and oxygen atoms in total. The summed E-state index contributed by atoms with van der Waals surface area (Å²) in [5, 5.41) is 3.45. The summed E-state index contributed by atoms with van der Waals surface area (Å²) in [5.74, 6) is 7.04. The van der Waals surface area contributed by atoms with Gasteiger partial charge in [-0.2, -0.15) is 0 Å². The third-order valence-electron chi connectivity index (χ3n) is 3.28. The van der Waals surface area contributed by atoms with E-state index >= 15 is 0 Å². The first-order chi connectivity index (χ1) is 10.2. The van der Waals surface area contributed by atoms with Crippen LogP contribution in [0.4, 0.5) is 11.6 Å². The number of benzene rings is 1. The van der Waals surface area contributed by atoms with E-state index in [1.807, 2.05) is 12.1 Å². The van der Waals surface area contributed by atoms with Crippen molar-refractivity contribution in [3.8, 4) is 0 Å². The van der Waals surface area contributed by atoms with Crippen LogP contribution in [0.3, 0.4) is 0 Å². The molecular formula is C15H20BrN5. The maximum Gasteiger partial charge on any atom is 0.148 e. The molecule has 0 radical (unpaired) electrons. The Morgan fingerprint density at radius 2 is 2.05 bits per heavy atom. The molecule has 2 rings (SSSR count). The molecule has 21 heavy (non-hydrogen) atoms. The van der Waals surface area contributed by atoms with Crippen molar-refractivity contribution >= 4 is 27.6 Å². The summed E-state index contributed by atoms with van der Waals surface area (Å²) < 4.78 is 1.06. The van der Waals surface area contributed by atoms with E-state index in [-0.39, 0.29) is 6.04 Å². The van der Waals surface area contributed by atoms with Gasteiger partial charge in [0.15, 0.2) is 0 Å². The van der Waals surface area contributed by atoms with E-state index < -0.39 is 0 Å². The van der Waals surface area contributed by atoms with Crippen molar-refractivity contribution in [3.63, 3.8) is 0 Å². The van der Waals surface area contributed by atoms with E-state index in [0.717, 1.165) is 28.7 Å². The fraction of sp³-hybridized carbons (Fsp3) is 0.333. The number of hydrogen-bond acceptors (Lipinski definition) is 5. The zero-order valence-corrected chi connectivity index (χ0v) is 13.8. The highest BCUT2D eigenvalue weighted by Gasteiger charge is 2.13. The molecule has 112 valence electrons. The molecule has 2 aromatic rings. The van der Waals surface area contributed by atoms with Gasteiger partial charge in [0, 0.05) is 16.1 Å². The van der Waals surface area contributed by atoms with Crippen molar-refractivity contribution in [1.29, 1.82) is 0 Å². The fourth-order valence-corrected chi connectivity index (χ4v) is 2.63. The third-order valence-corrected chi connectivity index (χ3v) is 3.78. The lowest BCUT2D eigenvalue weighted by Crippen LogP contribution is -2.15. The minimum absolute atomic E-state index is 0.138. The van der Waals surface area contributed by atoms with Gasteiger partial charge >= 0.3 is 0 Å². The molecule has 1 atom stereocenters. The minimum atomic E-state index is 0.138. The van der Waals surface area contributed by atoms with Gasteiger partial charge in [0.25, 0.3) is 0 Å². The largest absolute Gasteiger partial charge is 0.363 e. The number of hydrogen-bond donors (Lipinski definition) is 3. The topological polar surface area (TPSA) is 75.9 Å². The van der Waals surface area contributed by atoms with E-state index in [4.69, 9.17) is 5.84 Å². The van der Waals surface area contributed by atoms with Crippen molar-refractivity contribution in [3.05, 3.63) is 46.2 Å². The van der Waals surface area contributed by atoms with Crippen LogP contribution in [0.5, 0.6) is 0 Å². The Kier molecular flexibility index (Phi) is 5.52. The highest BCUT2D eigenvalue weighted by Crippen LogP contribution is 2.26. The van der Waals surface area contributed by atoms with Crippen LogP contribution in [0, 0.1) is 0 Å². The highest BCUT2D eigenvalue weighted by molar-refractivity contribution is 9.10.